The van der Waals surface area contributed by atoms with E-state index in [0.29, 0.717) is 24.1 Å². The molecule has 1 saturated carbocycles. The van der Waals surface area contributed by atoms with Crippen molar-refractivity contribution in [2.75, 3.05) is 5.73 Å². The highest BCUT2D eigenvalue weighted by molar-refractivity contribution is 5.79. The number of aliphatic carboxylic acids is 1. The van der Waals surface area contributed by atoms with Gasteiger partial charge in [0.15, 0.2) is 0 Å². The lowest BCUT2D eigenvalue weighted by Crippen LogP contribution is -2.24. The second-order valence-electron chi connectivity index (χ2n) is 3.99. The summed E-state index contributed by atoms with van der Waals surface area (Å²) in [5.74, 6) is -0.946. The van der Waals surface area contributed by atoms with Gasteiger partial charge in [-0.05, 0) is 18.9 Å². The lowest BCUT2D eigenvalue weighted by molar-refractivity contribution is -0.148. The molecule has 80 valence electrons. The van der Waals surface area contributed by atoms with Gasteiger partial charge in [-0.3, -0.25) is 4.79 Å². The highest BCUT2D eigenvalue weighted by Gasteiger charge is 2.56. The Morgan fingerprint density at radius 1 is 1.40 bits per heavy atom. The van der Waals surface area contributed by atoms with Gasteiger partial charge in [-0.15, -0.1) is 0 Å². The van der Waals surface area contributed by atoms with Gasteiger partial charge in [0.2, 0.25) is 0 Å². The first-order chi connectivity index (χ1) is 7.08. The summed E-state index contributed by atoms with van der Waals surface area (Å²) in [4.78, 5) is 11.0. The SMILES string of the molecule is Nc1ccccc1C(O)C1(C(=O)O)CC1. The van der Waals surface area contributed by atoms with Crippen molar-refractivity contribution in [3.63, 3.8) is 0 Å². The molecule has 15 heavy (non-hydrogen) atoms. The van der Waals surface area contributed by atoms with E-state index in [9.17, 15) is 9.90 Å². The molecule has 0 bridgehead atoms. The lowest BCUT2D eigenvalue weighted by Gasteiger charge is -2.19. The Morgan fingerprint density at radius 3 is 2.47 bits per heavy atom. The maximum Gasteiger partial charge on any atom is 0.312 e. The Kier molecular flexibility index (Phi) is 2.16. The van der Waals surface area contributed by atoms with Crippen LogP contribution in [0, 0.1) is 5.41 Å². The summed E-state index contributed by atoms with van der Waals surface area (Å²) in [5.41, 5.74) is 5.64. The van der Waals surface area contributed by atoms with Crippen LogP contribution in [-0.2, 0) is 4.79 Å². The predicted molar refractivity (Wildman–Crippen MR) is 55.1 cm³/mol. The molecule has 1 aromatic rings. The summed E-state index contributed by atoms with van der Waals surface area (Å²) in [6.45, 7) is 0. The van der Waals surface area contributed by atoms with Gasteiger partial charge in [0, 0.05) is 11.3 Å². The molecule has 1 atom stereocenters. The molecule has 4 nitrogen and oxygen atoms in total. The number of hydrogen-bond acceptors (Lipinski definition) is 3. The van der Waals surface area contributed by atoms with Crippen LogP contribution in [0.25, 0.3) is 0 Å². The minimum atomic E-state index is -1.00. The van der Waals surface area contributed by atoms with Gasteiger partial charge >= 0.3 is 5.97 Å². The molecule has 0 saturated heterocycles. The van der Waals surface area contributed by atoms with E-state index in [1.807, 2.05) is 0 Å². The molecular weight excluding hydrogens is 194 g/mol. The predicted octanol–water partition coefficient (Wildman–Crippen LogP) is 1.17. The largest absolute Gasteiger partial charge is 0.481 e. The third kappa shape index (κ3) is 1.47. The minimum absolute atomic E-state index is 0.442. The Bertz CT molecular complexity index is 399. The Balaban J connectivity index is 2.33. The molecule has 0 heterocycles. The molecule has 0 aliphatic heterocycles. The van der Waals surface area contributed by atoms with E-state index in [-0.39, 0.29) is 0 Å². The molecular formula is C11H13NO3. The van der Waals surface area contributed by atoms with E-state index >= 15 is 0 Å². The molecule has 4 heteroatoms. The Labute approximate surface area is 87.3 Å². The number of benzene rings is 1. The minimum Gasteiger partial charge on any atom is -0.481 e. The number of rotatable bonds is 3. The van der Waals surface area contributed by atoms with Gasteiger partial charge in [-0.25, -0.2) is 0 Å². The number of aliphatic hydroxyl groups is 1. The van der Waals surface area contributed by atoms with Crippen LogP contribution in [-0.4, -0.2) is 16.2 Å². The van der Waals surface area contributed by atoms with Gasteiger partial charge in [-0.2, -0.15) is 0 Å². The second kappa shape index (κ2) is 3.24. The number of carbonyl (C=O) groups is 1. The van der Waals surface area contributed by atoms with E-state index in [0.717, 1.165) is 0 Å². The zero-order chi connectivity index (χ0) is 11.1. The van der Waals surface area contributed by atoms with Crippen molar-refractivity contribution in [2.24, 2.45) is 5.41 Å². The first-order valence-electron chi connectivity index (χ1n) is 4.84. The molecule has 1 unspecified atom stereocenters. The van der Waals surface area contributed by atoms with Crippen molar-refractivity contribution in [3.05, 3.63) is 29.8 Å². The zero-order valence-corrected chi connectivity index (χ0v) is 8.18. The molecule has 0 spiro atoms. The lowest BCUT2D eigenvalue weighted by atomic mass is 9.92. The highest BCUT2D eigenvalue weighted by atomic mass is 16.4. The van der Waals surface area contributed by atoms with Crippen molar-refractivity contribution in [2.45, 2.75) is 18.9 Å². The van der Waals surface area contributed by atoms with E-state index in [1.165, 1.54) is 0 Å². The third-order valence-electron chi connectivity index (χ3n) is 3.03. The fourth-order valence-corrected chi connectivity index (χ4v) is 1.80. The summed E-state index contributed by atoms with van der Waals surface area (Å²) in [6.07, 6.45) is 0.0200. The molecule has 0 radical (unpaired) electrons. The van der Waals surface area contributed by atoms with Gasteiger partial charge in [-0.1, -0.05) is 18.2 Å². The summed E-state index contributed by atoms with van der Waals surface area (Å²) >= 11 is 0. The van der Waals surface area contributed by atoms with Crippen LogP contribution in [0.1, 0.15) is 24.5 Å². The quantitative estimate of drug-likeness (QED) is 0.649. The molecule has 1 fully saturated rings. The van der Waals surface area contributed by atoms with Gasteiger partial charge in [0.25, 0.3) is 0 Å². The number of hydrogen-bond donors (Lipinski definition) is 3. The number of nitrogens with two attached hydrogens (primary N) is 1. The Morgan fingerprint density at radius 2 is 2.00 bits per heavy atom. The maximum atomic E-state index is 11.0. The van der Waals surface area contributed by atoms with Crippen LogP contribution in [0.5, 0.6) is 0 Å². The number of nitrogen functional groups attached to an aromatic ring is 1. The highest BCUT2D eigenvalue weighted by Crippen LogP contribution is 2.55. The van der Waals surface area contributed by atoms with E-state index in [1.54, 1.807) is 24.3 Å². The fourth-order valence-electron chi connectivity index (χ4n) is 1.80. The number of para-hydroxylation sites is 1. The van der Waals surface area contributed by atoms with Gasteiger partial charge in [0.05, 0.1) is 11.5 Å². The zero-order valence-electron chi connectivity index (χ0n) is 8.18. The van der Waals surface area contributed by atoms with E-state index in [2.05, 4.69) is 0 Å². The first kappa shape index (κ1) is 9.98. The Hall–Kier alpha value is -1.55. The number of carboxylic acids is 1. The van der Waals surface area contributed by atoms with Crippen molar-refractivity contribution >= 4 is 11.7 Å². The molecule has 1 aromatic carbocycles. The normalized spacial score (nSPS) is 19.5. The molecule has 4 N–H and O–H groups in total. The number of aliphatic hydroxyl groups excluding tert-OH is 1. The van der Waals surface area contributed by atoms with Crippen molar-refractivity contribution in [1.29, 1.82) is 0 Å². The molecule has 0 amide bonds. The van der Waals surface area contributed by atoms with Crippen molar-refractivity contribution in [1.82, 2.24) is 0 Å². The van der Waals surface area contributed by atoms with Crippen molar-refractivity contribution in [3.8, 4) is 0 Å². The summed E-state index contributed by atoms with van der Waals surface area (Å²) in [5, 5.41) is 19.0. The smallest absolute Gasteiger partial charge is 0.312 e. The summed E-state index contributed by atoms with van der Waals surface area (Å²) in [7, 11) is 0. The fraction of sp³-hybridized carbons (Fsp3) is 0.364. The average molecular weight is 207 g/mol. The second-order valence-corrected chi connectivity index (χ2v) is 3.99. The monoisotopic (exact) mass is 207 g/mol. The molecule has 0 aromatic heterocycles. The van der Waals surface area contributed by atoms with Gasteiger partial charge < -0.3 is 15.9 Å². The maximum absolute atomic E-state index is 11.0. The van der Waals surface area contributed by atoms with E-state index < -0.39 is 17.5 Å². The third-order valence-corrected chi connectivity index (χ3v) is 3.03. The van der Waals surface area contributed by atoms with Crippen LogP contribution in [0.2, 0.25) is 0 Å². The number of carboxylic acid groups (broad SMARTS) is 1. The van der Waals surface area contributed by atoms with Crippen molar-refractivity contribution < 1.29 is 15.0 Å². The average Bonchev–Trinajstić information content (AvgIpc) is 2.98. The summed E-state index contributed by atoms with van der Waals surface area (Å²) < 4.78 is 0. The molecule has 2 rings (SSSR count). The molecule has 1 aliphatic carbocycles. The van der Waals surface area contributed by atoms with Crippen LogP contribution in [0.4, 0.5) is 5.69 Å². The number of anilines is 1. The van der Waals surface area contributed by atoms with Gasteiger partial charge in [0.1, 0.15) is 0 Å². The first-order valence-corrected chi connectivity index (χ1v) is 4.84. The standard InChI is InChI=1S/C11H13NO3/c12-8-4-2-1-3-7(8)9(13)11(5-6-11)10(14)15/h1-4,9,13H,5-6,12H2,(H,14,15). The topological polar surface area (TPSA) is 83.5 Å². The van der Waals surface area contributed by atoms with Crippen LogP contribution >= 0.6 is 0 Å². The van der Waals surface area contributed by atoms with Crippen LogP contribution < -0.4 is 5.73 Å². The van der Waals surface area contributed by atoms with Crippen LogP contribution in [0.3, 0.4) is 0 Å². The molecule has 1 aliphatic rings. The van der Waals surface area contributed by atoms with Crippen LogP contribution in [0.15, 0.2) is 24.3 Å². The van der Waals surface area contributed by atoms with E-state index in [4.69, 9.17) is 10.8 Å². The summed E-state index contributed by atoms with van der Waals surface area (Å²) in [6, 6.07) is 6.83.